The van der Waals surface area contributed by atoms with Gasteiger partial charge in [-0.1, -0.05) is 35.7 Å². The molecule has 3 N–H and O–H groups in total. The maximum atomic E-state index is 12.1. The van der Waals surface area contributed by atoms with E-state index in [4.69, 9.17) is 0 Å². The molecule has 0 bridgehead atoms. The maximum Gasteiger partial charge on any atom is 0.255 e. The molecule has 0 unspecified atom stereocenters. The van der Waals surface area contributed by atoms with E-state index in [1.54, 1.807) is 12.1 Å². The number of aliphatic hydroxyl groups is 1. The van der Waals surface area contributed by atoms with E-state index in [-0.39, 0.29) is 28.7 Å². The van der Waals surface area contributed by atoms with Crippen LogP contribution in [0.15, 0.2) is 22.7 Å². The molecule has 5 heteroatoms. The number of phenolic OH excluding ortho intramolecular Hbond substituents is 1. The van der Waals surface area contributed by atoms with Gasteiger partial charge in [-0.25, -0.2) is 0 Å². The van der Waals surface area contributed by atoms with Crippen LogP contribution < -0.4 is 5.32 Å². The summed E-state index contributed by atoms with van der Waals surface area (Å²) in [4.78, 5) is 12.1. The first-order chi connectivity index (χ1) is 9.42. The van der Waals surface area contributed by atoms with Gasteiger partial charge in [-0.2, -0.15) is 0 Å². The first kappa shape index (κ1) is 15.3. The van der Waals surface area contributed by atoms with E-state index in [0.29, 0.717) is 6.54 Å². The number of nitrogens with one attached hydrogen (secondary N) is 1. The van der Waals surface area contributed by atoms with Gasteiger partial charge in [0, 0.05) is 16.4 Å². The van der Waals surface area contributed by atoms with Crippen molar-refractivity contribution in [3.8, 4) is 5.75 Å². The molecule has 0 aromatic heterocycles. The van der Waals surface area contributed by atoms with Gasteiger partial charge in [0.1, 0.15) is 5.75 Å². The fourth-order valence-corrected chi connectivity index (χ4v) is 3.02. The molecule has 0 aliphatic heterocycles. The predicted octanol–water partition coefficient (Wildman–Crippen LogP) is 2.83. The number of benzene rings is 1. The third kappa shape index (κ3) is 3.33. The average Bonchev–Trinajstić information content (AvgIpc) is 2.42. The van der Waals surface area contributed by atoms with Gasteiger partial charge in [-0.3, -0.25) is 4.79 Å². The first-order valence-corrected chi connectivity index (χ1v) is 7.66. The van der Waals surface area contributed by atoms with Crippen molar-refractivity contribution in [1.82, 2.24) is 5.32 Å². The highest BCUT2D eigenvalue weighted by Gasteiger charge is 2.35. The van der Waals surface area contributed by atoms with E-state index in [1.165, 1.54) is 6.07 Å². The van der Waals surface area contributed by atoms with Crippen LogP contribution in [0.25, 0.3) is 0 Å². The molecule has 1 aromatic carbocycles. The monoisotopic (exact) mass is 341 g/mol. The number of halogens is 1. The Hall–Kier alpha value is -1.07. The number of aromatic hydroxyl groups is 1. The normalized spacial score (nSPS) is 26.2. The number of carbonyl (C=O) groups is 1. The Morgan fingerprint density at radius 1 is 1.50 bits per heavy atom. The lowest BCUT2D eigenvalue weighted by Gasteiger charge is -2.38. The molecule has 1 aromatic rings. The van der Waals surface area contributed by atoms with Crippen molar-refractivity contribution < 1.29 is 15.0 Å². The van der Waals surface area contributed by atoms with Gasteiger partial charge in [0.25, 0.3) is 5.91 Å². The van der Waals surface area contributed by atoms with Gasteiger partial charge in [0.2, 0.25) is 0 Å². The van der Waals surface area contributed by atoms with E-state index >= 15 is 0 Å². The maximum absolute atomic E-state index is 12.1. The summed E-state index contributed by atoms with van der Waals surface area (Å²) in [7, 11) is 0. The largest absolute Gasteiger partial charge is 0.507 e. The molecular formula is C15H20BrNO3. The highest BCUT2D eigenvalue weighted by Crippen LogP contribution is 2.35. The molecule has 1 aliphatic rings. The van der Waals surface area contributed by atoms with Gasteiger partial charge in [-0.15, -0.1) is 0 Å². The third-order valence-corrected chi connectivity index (χ3v) is 4.63. The van der Waals surface area contributed by atoms with Crippen LogP contribution in [0.5, 0.6) is 5.75 Å². The summed E-state index contributed by atoms with van der Waals surface area (Å²) in [5.74, 6) is -0.358. The Morgan fingerprint density at radius 2 is 2.25 bits per heavy atom. The molecule has 2 rings (SSSR count). The molecule has 110 valence electrons. The smallest absolute Gasteiger partial charge is 0.255 e. The second-order valence-corrected chi connectivity index (χ2v) is 6.68. The van der Waals surface area contributed by atoms with Crippen LogP contribution in [0.1, 0.15) is 43.0 Å². The SMILES string of the molecule is C[C@@]1(CNC(=O)c2cc(Br)ccc2O)CCCC[C@@H]1O. The fourth-order valence-electron chi connectivity index (χ4n) is 2.66. The first-order valence-electron chi connectivity index (χ1n) is 6.87. The van der Waals surface area contributed by atoms with E-state index in [9.17, 15) is 15.0 Å². The Kier molecular flexibility index (Phi) is 4.70. The highest BCUT2D eigenvalue weighted by molar-refractivity contribution is 9.10. The number of hydrogen-bond acceptors (Lipinski definition) is 3. The Balaban J connectivity index is 2.03. The molecule has 4 nitrogen and oxygen atoms in total. The van der Waals surface area contributed by atoms with Crippen molar-refractivity contribution >= 4 is 21.8 Å². The standard InChI is InChI=1S/C15H20BrNO3/c1-15(7-3-2-4-13(15)19)9-17-14(20)11-8-10(16)5-6-12(11)18/h5-6,8,13,18-19H,2-4,7,9H2,1H3,(H,17,20)/t13-,15-/m0/s1. The lowest BCUT2D eigenvalue weighted by atomic mass is 9.73. The lowest BCUT2D eigenvalue weighted by Crippen LogP contribution is -2.45. The quantitative estimate of drug-likeness (QED) is 0.791. The number of amides is 1. The number of carbonyl (C=O) groups excluding carboxylic acids is 1. The molecule has 0 spiro atoms. The van der Waals surface area contributed by atoms with E-state index in [2.05, 4.69) is 21.2 Å². The molecule has 0 radical (unpaired) electrons. The Bertz CT molecular complexity index is 506. The minimum Gasteiger partial charge on any atom is -0.507 e. The number of phenols is 1. The summed E-state index contributed by atoms with van der Waals surface area (Å²) in [6, 6.07) is 4.75. The average molecular weight is 342 g/mol. The Labute approximate surface area is 127 Å². The van der Waals surface area contributed by atoms with Crippen LogP contribution in [0, 0.1) is 5.41 Å². The zero-order valence-electron chi connectivity index (χ0n) is 11.5. The van der Waals surface area contributed by atoms with Gasteiger partial charge in [-0.05, 0) is 31.0 Å². The van der Waals surface area contributed by atoms with E-state index < -0.39 is 0 Å². The van der Waals surface area contributed by atoms with Gasteiger partial charge >= 0.3 is 0 Å². The van der Waals surface area contributed by atoms with Crippen molar-refractivity contribution in [2.75, 3.05) is 6.54 Å². The molecule has 1 saturated carbocycles. The molecule has 2 atom stereocenters. The second kappa shape index (κ2) is 6.14. The van der Waals surface area contributed by atoms with Crippen molar-refractivity contribution in [2.45, 2.75) is 38.7 Å². The number of rotatable bonds is 3. The minimum absolute atomic E-state index is 0.0416. The van der Waals surface area contributed by atoms with Crippen LogP contribution in [0.4, 0.5) is 0 Å². The summed E-state index contributed by atoms with van der Waals surface area (Å²) in [5.41, 5.74) is -0.0384. The van der Waals surface area contributed by atoms with Gasteiger partial charge in [0.15, 0.2) is 0 Å². The van der Waals surface area contributed by atoms with Crippen molar-refractivity contribution in [3.63, 3.8) is 0 Å². The number of hydrogen-bond donors (Lipinski definition) is 3. The lowest BCUT2D eigenvalue weighted by molar-refractivity contribution is 0.00189. The molecule has 20 heavy (non-hydrogen) atoms. The summed E-state index contributed by atoms with van der Waals surface area (Å²) in [6.07, 6.45) is 3.42. The van der Waals surface area contributed by atoms with Crippen molar-refractivity contribution in [3.05, 3.63) is 28.2 Å². The van der Waals surface area contributed by atoms with E-state index in [0.717, 1.165) is 30.2 Å². The fraction of sp³-hybridized carbons (Fsp3) is 0.533. The van der Waals surface area contributed by atoms with Crippen LogP contribution in [0.3, 0.4) is 0 Å². The van der Waals surface area contributed by atoms with Gasteiger partial charge < -0.3 is 15.5 Å². The summed E-state index contributed by atoms with van der Waals surface area (Å²) in [5, 5.41) is 22.7. The van der Waals surface area contributed by atoms with Crippen LogP contribution in [-0.2, 0) is 0 Å². The molecule has 0 saturated heterocycles. The third-order valence-electron chi connectivity index (χ3n) is 4.14. The Morgan fingerprint density at radius 3 is 2.95 bits per heavy atom. The van der Waals surface area contributed by atoms with E-state index in [1.807, 2.05) is 6.92 Å². The zero-order valence-corrected chi connectivity index (χ0v) is 13.1. The second-order valence-electron chi connectivity index (χ2n) is 5.76. The predicted molar refractivity (Wildman–Crippen MR) is 80.7 cm³/mol. The topological polar surface area (TPSA) is 69.6 Å². The summed E-state index contributed by atoms with van der Waals surface area (Å²) in [6.45, 7) is 2.41. The molecule has 1 fully saturated rings. The van der Waals surface area contributed by atoms with Gasteiger partial charge in [0.05, 0.1) is 11.7 Å². The zero-order chi connectivity index (χ0) is 14.8. The highest BCUT2D eigenvalue weighted by atomic mass is 79.9. The van der Waals surface area contributed by atoms with Crippen molar-refractivity contribution in [2.24, 2.45) is 5.41 Å². The molecule has 1 aliphatic carbocycles. The summed E-state index contributed by atoms with van der Waals surface area (Å²) >= 11 is 3.28. The van der Waals surface area contributed by atoms with Crippen molar-refractivity contribution in [1.29, 1.82) is 0 Å². The number of aliphatic hydroxyl groups excluding tert-OH is 1. The molecule has 0 heterocycles. The van der Waals surface area contributed by atoms with Crippen LogP contribution in [0.2, 0.25) is 0 Å². The van der Waals surface area contributed by atoms with Crippen LogP contribution >= 0.6 is 15.9 Å². The van der Waals surface area contributed by atoms with Crippen LogP contribution in [-0.4, -0.2) is 28.8 Å². The molecule has 1 amide bonds. The summed E-state index contributed by atoms with van der Waals surface area (Å²) < 4.78 is 0.740. The minimum atomic E-state index is -0.382. The molecular weight excluding hydrogens is 322 g/mol.